The second-order valence-corrected chi connectivity index (χ2v) is 5.33. The van der Waals surface area contributed by atoms with E-state index in [1.165, 1.54) is 17.7 Å². The average Bonchev–Trinajstić information content (AvgIpc) is 2.35. The molecule has 1 atom stereocenters. The Kier molecular flexibility index (Phi) is 5.60. The van der Waals surface area contributed by atoms with E-state index in [4.69, 9.17) is 18.0 Å². The summed E-state index contributed by atoms with van der Waals surface area (Å²) in [5.41, 5.74) is 9.28. The average molecular weight is 264 g/mol. The van der Waals surface area contributed by atoms with Gasteiger partial charge in [0.1, 0.15) is 4.99 Å². The van der Waals surface area contributed by atoms with Crippen LogP contribution in [0.15, 0.2) is 18.2 Å². The molecule has 0 amide bonds. The summed E-state index contributed by atoms with van der Waals surface area (Å²) in [6.45, 7) is 10.8. The van der Waals surface area contributed by atoms with Gasteiger partial charge in [0.25, 0.3) is 0 Å². The van der Waals surface area contributed by atoms with Crippen LogP contribution in [-0.2, 0) is 0 Å². The van der Waals surface area contributed by atoms with Crippen LogP contribution in [0.25, 0.3) is 0 Å². The van der Waals surface area contributed by atoms with Gasteiger partial charge in [-0.3, -0.25) is 0 Å². The van der Waals surface area contributed by atoms with Crippen molar-refractivity contribution in [1.29, 1.82) is 0 Å². The van der Waals surface area contributed by atoms with Gasteiger partial charge in [-0.25, -0.2) is 0 Å². The summed E-state index contributed by atoms with van der Waals surface area (Å²) in [5, 5.41) is 0. The van der Waals surface area contributed by atoms with Crippen LogP contribution < -0.4 is 10.6 Å². The molecule has 2 nitrogen and oxygen atoms in total. The highest BCUT2D eigenvalue weighted by atomic mass is 32.1. The number of hydrogen-bond acceptors (Lipinski definition) is 2. The van der Waals surface area contributed by atoms with Gasteiger partial charge >= 0.3 is 0 Å². The maximum Gasteiger partial charge on any atom is 0.106 e. The van der Waals surface area contributed by atoms with Crippen molar-refractivity contribution in [2.75, 3.05) is 18.0 Å². The molecule has 0 aromatic heterocycles. The molecule has 0 aliphatic carbocycles. The van der Waals surface area contributed by atoms with Gasteiger partial charge in [0, 0.05) is 24.3 Å². The number of anilines is 1. The third-order valence-electron chi connectivity index (χ3n) is 3.43. The van der Waals surface area contributed by atoms with Gasteiger partial charge in [0.2, 0.25) is 0 Å². The Hall–Kier alpha value is -1.09. The molecule has 0 saturated carbocycles. The largest absolute Gasteiger partial charge is 0.389 e. The molecule has 18 heavy (non-hydrogen) atoms. The van der Waals surface area contributed by atoms with Gasteiger partial charge in [-0.05, 0) is 31.4 Å². The SMILES string of the molecule is CCC(C)CN(CC)c1c(C)cccc1C(N)=S. The van der Waals surface area contributed by atoms with Crippen LogP contribution >= 0.6 is 12.2 Å². The van der Waals surface area contributed by atoms with Crippen LogP contribution in [0.1, 0.15) is 38.3 Å². The molecule has 2 N–H and O–H groups in total. The molecule has 0 saturated heterocycles. The number of aryl methyl sites for hydroxylation is 1. The Bertz CT molecular complexity index is 415. The molecule has 0 spiro atoms. The van der Waals surface area contributed by atoms with Crippen molar-refractivity contribution in [3.05, 3.63) is 29.3 Å². The Morgan fingerprint density at radius 2 is 2.06 bits per heavy atom. The van der Waals surface area contributed by atoms with Gasteiger partial charge < -0.3 is 10.6 Å². The zero-order valence-electron chi connectivity index (χ0n) is 11.9. The zero-order valence-corrected chi connectivity index (χ0v) is 12.7. The highest BCUT2D eigenvalue weighted by Gasteiger charge is 2.15. The number of nitrogens with zero attached hydrogens (tertiary/aromatic N) is 1. The summed E-state index contributed by atoms with van der Waals surface area (Å²) >= 11 is 5.17. The van der Waals surface area contributed by atoms with E-state index in [0.717, 1.165) is 18.7 Å². The maximum atomic E-state index is 5.84. The fourth-order valence-electron chi connectivity index (χ4n) is 2.16. The third kappa shape index (κ3) is 3.45. The van der Waals surface area contributed by atoms with Crippen molar-refractivity contribution in [1.82, 2.24) is 0 Å². The molecule has 0 radical (unpaired) electrons. The first-order chi connectivity index (χ1) is 8.51. The van der Waals surface area contributed by atoms with Gasteiger partial charge in [-0.15, -0.1) is 0 Å². The normalized spacial score (nSPS) is 12.2. The highest BCUT2D eigenvalue weighted by Crippen LogP contribution is 2.26. The molecule has 1 aromatic carbocycles. The molecule has 3 heteroatoms. The summed E-state index contributed by atoms with van der Waals surface area (Å²) in [6, 6.07) is 6.16. The summed E-state index contributed by atoms with van der Waals surface area (Å²) in [5.74, 6) is 0.670. The van der Waals surface area contributed by atoms with Crippen molar-refractivity contribution in [3.63, 3.8) is 0 Å². The van der Waals surface area contributed by atoms with Gasteiger partial charge in [0.15, 0.2) is 0 Å². The van der Waals surface area contributed by atoms with Gasteiger partial charge in [-0.2, -0.15) is 0 Å². The van der Waals surface area contributed by atoms with E-state index in [1.807, 2.05) is 12.1 Å². The number of nitrogens with two attached hydrogens (primary N) is 1. The molecule has 0 heterocycles. The smallest absolute Gasteiger partial charge is 0.106 e. The topological polar surface area (TPSA) is 29.3 Å². The molecule has 0 fully saturated rings. The first-order valence-corrected chi connectivity index (χ1v) is 7.06. The van der Waals surface area contributed by atoms with E-state index in [9.17, 15) is 0 Å². The van der Waals surface area contributed by atoms with E-state index in [0.29, 0.717) is 10.9 Å². The second-order valence-electron chi connectivity index (χ2n) is 4.89. The molecular formula is C15H24N2S. The monoisotopic (exact) mass is 264 g/mol. The fraction of sp³-hybridized carbons (Fsp3) is 0.533. The minimum absolute atomic E-state index is 0.483. The predicted molar refractivity (Wildman–Crippen MR) is 84.4 cm³/mol. The standard InChI is InChI=1S/C15H24N2S/c1-5-11(3)10-17(6-2)14-12(4)8-7-9-13(14)15(16)18/h7-9,11H,5-6,10H2,1-4H3,(H2,16,18). The fourth-order valence-corrected chi connectivity index (χ4v) is 2.33. The van der Waals surface area contributed by atoms with Crippen LogP contribution in [0.5, 0.6) is 0 Å². The van der Waals surface area contributed by atoms with Crippen LogP contribution in [-0.4, -0.2) is 18.1 Å². The van der Waals surface area contributed by atoms with Crippen LogP contribution in [0.4, 0.5) is 5.69 Å². The molecule has 1 unspecified atom stereocenters. The van der Waals surface area contributed by atoms with Crippen molar-refractivity contribution in [2.45, 2.75) is 34.1 Å². The lowest BCUT2D eigenvalue weighted by molar-refractivity contribution is 0.547. The Morgan fingerprint density at radius 1 is 1.39 bits per heavy atom. The Labute approximate surface area is 116 Å². The molecule has 100 valence electrons. The van der Waals surface area contributed by atoms with Crippen LogP contribution in [0.2, 0.25) is 0 Å². The first kappa shape index (κ1) is 15.0. The molecule has 0 aliphatic rings. The number of rotatable bonds is 6. The van der Waals surface area contributed by atoms with E-state index in [-0.39, 0.29) is 0 Å². The molecule has 0 bridgehead atoms. The lowest BCUT2D eigenvalue weighted by Crippen LogP contribution is -2.31. The van der Waals surface area contributed by atoms with Crippen LogP contribution in [0, 0.1) is 12.8 Å². The van der Waals surface area contributed by atoms with E-state index in [2.05, 4.69) is 38.7 Å². The summed E-state index contributed by atoms with van der Waals surface area (Å²) < 4.78 is 0. The maximum absolute atomic E-state index is 5.84. The number of hydrogen-bond donors (Lipinski definition) is 1. The lowest BCUT2D eigenvalue weighted by atomic mass is 10.0. The summed E-state index contributed by atoms with van der Waals surface area (Å²) in [4.78, 5) is 2.87. The highest BCUT2D eigenvalue weighted by molar-refractivity contribution is 7.80. The Morgan fingerprint density at radius 3 is 2.56 bits per heavy atom. The summed E-state index contributed by atoms with van der Waals surface area (Å²) in [7, 11) is 0. The lowest BCUT2D eigenvalue weighted by Gasteiger charge is -2.29. The Balaban J connectivity index is 3.15. The van der Waals surface area contributed by atoms with E-state index in [1.54, 1.807) is 0 Å². The van der Waals surface area contributed by atoms with Crippen molar-refractivity contribution >= 4 is 22.9 Å². The van der Waals surface area contributed by atoms with Crippen molar-refractivity contribution in [2.24, 2.45) is 11.7 Å². The van der Waals surface area contributed by atoms with Gasteiger partial charge in [-0.1, -0.05) is 44.6 Å². The quantitative estimate of drug-likeness (QED) is 0.797. The molecular weight excluding hydrogens is 240 g/mol. The number of thiocarbonyl (C=S) groups is 1. The van der Waals surface area contributed by atoms with E-state index < -0.39 is 0 Å². The molecule has 1 rings (SSSR count). The summed E-state index contributed by atoms with van der Waals surface area (Å²) in [6.07, 6.45) is 1.19. The van der Waals surface area contributed by atoms with Gasteiger partial charge in [0.05, 0.1) is 0 Å². The number of para-hydroxylation sites is 1. The third-order valence-corrected chi connectivity index (χ3v) is 3.65. The molecule has 0 aliphatic heterocycles. The minimum atomic E-state index is 0.483. The zero-order chi connectivity index (χ0) is 13.7. The van der Waals surface area contributed by atoms with Crippen LogP contribution in [0.3, 0.4) is 0 Å². The van der Waals surface area contributed by atoms with Crippen molar-refractivity contribution < 1.29 is 0 Å². The van der Waals surface area contributed by atoms with Crippen molar-refractivity contribution in [3.8, 4) is 0 Å². The second kappa shape index (κ2) is 6.74. The predicted octanol–water partition coefficient (Wildman–Crippen LogP) is 3.50. The first-order valence-electron chi connectivity index (χ1n) is 6.65. The van der Waals surface area contributed by atoms with E-state index >= 15 is 0 Å². The minimum Gasteiger partial charge on any atom is -0.389 e. The number of benzene rings is 1. The molecule has 1 aromatic rings.